The van der Waals surface area contributed by atoms with E-state index in [9.17, 15) is 0 Å². The number of aliphatic imine (C=N–C) groups is 2. The van der Waals surface area contributed by atoms with Gasteiger partial charge in [-0.2, -0.15) is 0 Å². The van der Waals surface area contributed by atoms with Gasteiger partial charge >= 0.3 is 0 Å². The van der Waals surface area contributed by atoms with Crippen LogP contribution in [0.3, 0.4) is 0 Å². The Hall–Kier alpha value is -5.36. The molecule has 2 aliphatic rings. The van der Waals surface area contributed by atoms with E-state index in [0.29, 0.717) is 37.9 Å². The third-order valence-corrected chi connectivity index (χ3v) is 9.15. The summed E-state index contributed by atoms with van der Waals surface area (Å²) < 4.78 is 13.2. The number of hydrogen-bond donors (Lipinski definition) is 0. The lowest BCUT2D eigenvalue weighted by molar-refractivity contribution is 0.247. The standard InChI is InChI=1S/C41H36N4O2/c1-3-11-29(12-4-1)23-35-27-46-39(44-35)41(25-33-21-19-31-15-7-9-17-37(31)42-33,26-34-22-20-32-16-8-10-18-38(32)43-34)40-45-36(28-47-40)24-30-13-5-2-6-14-30/h1-22,35-36H,23-28H2/t35-,36-/m1/s1. The first kappa shape index (κ1) is 29.1. The van der Waals surface area contributed by atoms with Crippen molar-refractivity contribution in [2.45, 2.75) is 37.8 Å². The molecular weight excluding hydrogens is 580 g/mol. The predicted molar refractivity (Wildman–Crippen MR) is 188 cm³/mol. The largest absolute Gasteiger partial charge is 0.478 e. The molecule has 0 bridgehead atoms. The van der Waals surface area contributed by atoms with Gasteiger partial charge in [0, 0.05) is 35.0 Å². The number of rotatable bonds is 10. The van der Waals surface area contributed by atoms with Crippen molar-refractivity contribution in [3.05, 3.63) is 156 Å². The van der Waals surface area contributed by atoms with Gasteiger partial charge in [0.25, 0.3) is 0 Å². The smallest absolute Gasteiger partial charge is 0.200 e. The van der Waals surface area contributed by atoms with Crippen molar-refractivity contribution < 1.29 is 9.47 Å². The number of pyridine rings is 2. The van der Waals surface area contributed by atoms with Gasteiger partial charge in [0.1, 0.15) is 18.6 Å². The van der Waals surface area contributed by atoms with Crippen LogP contribution in [0.2, 0.25) is 0 Å². The Labute approximate surface area is 274 Å². The first-order valence-electron chi connectivity index (χ1n) is 16.4. The van der Waals surface area contributed by atoms with E-state index in [2.05, 4.69) is 97.1 Å². The second-order valence-corrected chi connectivity index (χ2v) is 12.6. The summed E-state index contributed by atoms with van der Waals surface area (Å²) in [5.41, 5.74) is 5.41. The highest BCUT2D eigenvalue weighted by atomic mass is 16.5. The van der Waals surface area contributed by atoms with Crippen molar-refractivity contribution in [2.24, 2.45) is 15.4 Å². The van der Waals surface area contributed by atoms with E-state index in [-0.39, 0.29) is 12.1 Å². The van der Waals surface area contributed by atoms with E-state index in [1.165, 1.54) is 11.1 Å². The molecule has 6 aromatic rings. The van der Waals surface area contributed by atoms with Crippen molar-refractivity contribution in [1.82, 2.24) is 9.97 Å². The van der Waals surface area contributed by atoms with Crippen LogP contribution in [0.1, 0.15) is 22.5 Å². The third-order valence-electron chi connectivity index (χ3n) is 9.15. The molecule has 0 aliphatic carbocycles. The van der Waals surface area contributed by atoms with Gasteiger partial charge < -0.3 is 9.47 Å². The Morgan fingerprint density at radius 3 is 1.38 bits per heavy atom. The number of aromatic nitrogens is 2. The second kappa shape index (κ2) is 12.8. The predicted octanol–water partition coefficient (Wildman–Crippen LogP) is 7.63. The van der Waals surface area contributed by atoms with Gasteiger partial charge in [-0.3, -0.25) is 9.97 Å². The average Bonchev–Trinajstić information content (AvgIpc) is 3.79. The molecule has 4 aromatic carbocycles. The van der Waals surface area contributed by atoms with Crippen LogP contribution in [0.25, 0.3) is 21.8 Å². The van der Waals surface area contributed by atoms with Gasteiger partial charge in [-0.05, 0) is 48.2 Å². The summed E-state index contributed by atoms with van der Waals surface area (Å²) in [6, 6.07) is 45.9. The molecule has 6 heteroatoms. The molecule has 0 N–H and O–H groups in total. The molecule has 0 saturated heterocycles. The van der Waals surface area contributed by atoms with Gasteiger partial charge in [0.05, 0.1) is 23.1 Å². The maximum atomic E-state index is 6.62. The summed E-state index contributed by atoms with van der Waals surface area (Å²) >= 11 is 0. The van der Waals surface area contributed by atoms with Gasteiger partial charge in [-0.15, -0.1) is 0 Å². The molecule has 232 valence electrons. The summed E-state index contributed by atoms with van der Waals surface area (Å²) in [4.78, 5) is 20.9. The minimum Gasteiger partial charge on any atom is -0.478 e. The first-order valence-corrected chi connectivity index (χ1v) is 16.4. The van der Waals surface area contributed by atoms with Gasteiger partial charge in [0.2, 0.25) is 0 Å². The van der Waals surface area contributed by atoms with Crippen LogP contribution in [-0.4, -0.2) is 47.1 Å². The molecule has 2 atom stereocenters. The number of fused-ring (bicyclic) bond motifs is 2. The van der Waals surface area contributed by atoms with Crippen molar-refractivity contribution >= 4 is 33.6 Å². The molecule has 0 saturated carbocycles. The summed E-state index contributed by atoms with van der Waals surface area (Å²) in [6.45, 7) is 1.01. The number of benzene rings is 4. The monoisotopic (exact) mass is 616 g/mol. The summed E-state index contributed by atoms with van der Waals surface area (Å²) in [7, 11) is 0. The number of ether oxygens (including phenoxy) is 2. The van der Waals surface area contributed by atoms with E-state index < -0.39 is 5.41 Å². The van der Waals surface area contributed by atoms with Crippen molar-refractivity contribution in [1.29, 1.82) is 0 Å². The lowest BCUT2D eigenvalue weighted by Gasteiger charge is -2.32. The maximum Gasteiger partial charge on any atom is 0.200 e. The van der Waals surface area contributed by atoms with Crippen LogP contribution in [0.4, 0.5) is 0 Å². The fourth-order valence-electron chi connectivity index (χ4n) is 6.82. The Kier molecular flexibility index (Phi) is 7.92. The van der Waals surface area contributed by atoms with Crippen molar-refractivity contribution in [2.75, 3.05) is 13.2 Å². The number of para-hydroxylation sites is 2. The Balaban J connectivity index is 1.24. The third kappa shape index (κ3) is 6.24. The molecule has 4 heterocycles. The summed E-state index contributed by atoms with van der Waals surface area (Å²) in [5, 5.41) is 2.21. The Morgan fingerprint density at radius 2 is 0.915 bits per heavy atom. The number of hydrogen-bond acceptors (Lipinski definition) is 6. The van der Waals surface area contributed by atoms with Crippen molar-refractivity contribution in [3.8, 4) is 0 Å². The molecule has 6 nitrogen and oxygen atoms in total. The van der Waals surface area contributed by atoms with E-state index in [1.807, 2.05) is 36.4 Å². The van der Waals surface area contributed by atoms with Crippen LogP contribution in [0.15, 0.2) is 143 Å². The molecular formula is C41H36N4O2. The molecule has 8 rings (SSSR count). The SMILES string of the molecule is c1ccc(C[C@@H]2COC(C(Cc3ccc4ccccc4n3)(Cc3ccc4ccccc4n3)C3=N[C@H](Cc4ccccc4)CO3)=N2)cc1. The van der Waals surface area contributed by atoms with E-state index in [0.717, 1.165) is 46.0 Å². The van der Waals surface area contributed by atoms with Crippen LogP contribution in [0.5, 0.6) is 0 Å². The van der Waals surface area contributed by atoms with Gasteiger partial charge in [-0.1, -0.05) is 109 Å². The fourth-order valence-corrected chi connectivity index (χ4v) is 6.82. The lowest BCUT2D eigenvalue weighted by atomic mass is 9.77. The Bertz CT molecular complexity index is 1930. The molecule has 0 spiro atoms. The lowest BCUT2D eigenvalue weighted by Crippen LogP contribution is -2.44. The zero-order chi connectivity index (χ0) is 31.5. The maximum absolute atomic E-state index is 6.62. The highest BCUT2D eigenvalue weighted by Gasteiger charge is 2.50. The van der Waals surface area contributed by atoms with Gasteiger partial charge in [-0.25, -0.2) is 9.98 Å². The zero-order valence-electron chi connectivity index (χ0n) is 26.2. The summed E-state index contributed by atoms with van der Waals surface area (Å²) in [6.07, 6.45) is 2.62. The molecule has 2 aliphatic heterocycles. The quantitative estimate of drug-likeness (QED) is 0.159. The summed E-state index contributed by atoms with van der Waals surface area (Å²) in [5.74, 6) is 1.31. The zero-order valence-corrected chi connectivity index (χ0v) is 26.2. The van der Waals surface area contributed by atoms with Crippen LogP contribution in [-0.2, 0) is 35.2 Å². The van der Waals surface area contributed by atoms with Crippen molar-refractivity contribution in [3.63, 3.8) is 0 Å². The molecule has 2 aromatic heterocycles. The Morgan fingerprint density at radius 1 is 0.489 bits per heavy atom. The van der Waals surface area contributed by atoms with Gasteiger partial charge in [0.15, 0.2) is 11.8 Å². The van der Waals surface area contributed by atoms with Crippen LogP contribution in [0, 0.1) is 5.41 Å². The van der Waals surface area contributed by atoms with E-state index >= 15 is 0 Å². The van der Waals surface area contributed by atoms with Crippen LogP contribution < -0.4 is 0 Å². The topological polar surface area (TPSA) is 69.0 Å². The molecule has 0 radical (unpaired) electrons. The minimum atomic E-state index is -0.832. The highest BCUT2D eigenvalue weighted by Crippen LogP contribution is 2.38. The molecule has 0 fully saturated rings. The average molecular weight is 617 g/mol. The first-order chi connectivity index (χ1) is 23.2. The minimum absolute atomic E-state index is 0.0111. The molecule has 0 unspecified atom stereocenters. The van der Waals surface area contributed by atoms with E-state index in [1.54, 1.807) is 0 Å². The normalized spacial score (nSPS) is 17.7. The fraction of sp³-hybridized carbons (Fsp3) is 0.220. The highest BCUT2D eigenvalue weighted by molar-refractivity contribution is 6.07. The number of nitrogens with zero attached hydrogens (tertiary/aromatic N) is 4. The second-order valence-electron chi connectivity index (χ2n) is 12.6. The van der Waals surface area contributed by atoms with Crippen LogP contribution >= 0.6 is 0 Å². The molecule has 0 amide bonds. The molecule has 47 heavy (non-hydrogen) atoms. The van der Waals surface area contributed by atoms with E-state index in [4.69, 9.17) is 29.4 Å².